The highest BCUT2D eigenvalue weighted by Crippen LogP contribution is 2.53. The minimum absolute atomic E-state index is 0. The summed E-state index contributed by atoms with van der Waals surface area (Å²) in [7, 11) is 0. The fraction of sp³-hybridized carbons (Fsp3) is 1.00. The van der Waals surface area contributed by atoms with E-state index < -0.39 is 5.69 Å². The van der Waals surface area contributed by atoms with Crippen LogP contribution in [0.25, 0.3) is 0 Å². The van der Waals surface area contributed by atoms with E-state index in [0.717, 1.165) is 12.8 Å². The van der Waals surface area contributed by atoms with Gasteiger partial charge < -0.3 is 9.05 Å². The van der Waals surface area contributed by atoms with Crippen LogP contribution in [0.2, 0.25) is 0 Å². The Morgan fingerprint density at radius 2 is 1.00 bits per heavy atom. The lowest BCUT2D eigenvalue weighted by Crippen LogP contribution is -1.96. The summed E-state index contributed by atoms with van der Waals surface area (Å²) >= 11 is 9.70. The second-order valence-electron chi connectivity index (χ2n) is 5.67. The van der Waals surface area contributed by atoms with Crippen LogP contribution in [0.1, 0.15) is 90.9 Å². The van der Waals surface area contributed by atoms with Crippen molar-refractivity contribution < 1.29 is 9.05 Å². The van der Waals surface area contributed by atoms with Crippen molar-refractivity contribution >= 4 is 43.2 Å². The number of rotatable bonds is 16. The molecule has 0 N–H and O–H groups in total. The molecule has 0 aromatic carbocycles. The van der Waals surface area contributed by atoms with E-state index in [4.69, 9.17) is 20.9 Å². The normalized spacial score (nSPS) is 11.4. The van der Waals surface area contributed by atoms with Gasteiger partial charge in [-0.2, -0.15) is 13.5 Å². The van der Waals surface area contributed by atoms with Crippen LogP contribution in [-0.2, 0) is 20.9 Å². The Balaban J connectivity index is 0. The van der Waals surface area contributed by atoms with Crippen LogP contribution in [0.15, 0.2) is 0 Å². The summed E-state index contributed by atoms with van der Waals surface area (Å²) in [5.74, 6) is 0. The van der Waals surface area contributed by atoms with Gasteiger partial charge in [-0.3, -0.25) is 0 Å². The molecule has 6 heteroatoms. The fourth-order valence-electron chi connectivity index (χ4n) is 2.16. The zero-order chi connectivity index (χ0) is 15.8. The van der Waals surface area contributed by atoms with Crippen LogP contribution in [0.4, 0.5) is 0 Å². The molecule has 22 heavy (non-hydrogen) atoms. The third-order valence-corrected chi connectivity index (χ3v) is 5.85. The average molecular weight is 389 g/mol. The quantitative estimate of drug-likeness (QED) is 0.174. The van der Waals surface area contributed by atoms with E-state index in [1.54, 1.807) is 0 Å². The Labute approximate surface area is 156 Å². The van der Waals surface area contributed by atoms with Crippen molar-refractivity contribution in [3.05, 3.63) is 0 Å². The largest absolute Gasteiger partial charge is 0.322 e. The number of hydrogen-bond acceptors (Lipinski definition) is 3. The predicted octanol–water partition coefficient (Wildman–Crippen LogP) is 7.01. The van der Waals surface area contributed by atoms with Crippen LogP contribution in [0.5, 0.6) is 0 Å². The van der Waals surface area contributed by atoms with Crippen molar-refractivity contribution in [2.75, 3.05) is 13.2 Å². The lowest BCUT2D eigenvalue weighted by atomic mass is 10.1. The molecule has 2 nitrogen and oxygen atoms in total. The molecule has 0 spiro atoms. The van der Waals surface area contributed by atoms with Gasteiger partial charge in [-0.05, 0) is 24.6 Å². The van der Waals surface area contributed by atoms with Gasteiger partial charge in [0, 0.05) is 0 Å². The Morgan fingerprint density at radius 1 is 0.682 bits per heavy atom. The minimum Gasteiger partial charge on any atom is -0.322 e. The molecule has 0 atom stereocenters. The number of hydrogen-bond donors (Lipinski definition) is 1. The number of unbranched alkanes of at least 4 members (excludes halogenated alkanes) is 10. The molecule has 0 aromatic heterocycles. The third-order valence-electron chi connectivity index (χ3n) is 3.50. The average Bonchev–Trinajstić information content (AvgIpc) is 2.45. The molecule has 0 aliphatic heterocycles. The molecule has 0 unspecified atom stereocenters. The summed E-state index contributed by atoms with van der Waals surface area (Å²) in [5, 5.41) is 0. The molecule has 0 amide bonds. The summed E-state index contributed by atoms with van der Waals surface area (Å²) in [6.07, 6.45) is 15.1. The van der Waals surface area contributed by atoms with E-state index in [1.807, 2.05) is 0 Å². The van der Waals surface area contributed by atoms with E-state index in [9.17, 15) is 0 Å². The highest BCUT2D eigenvalue weighted by molar-refractivity contribution is 8.60. The molecule has 0 aromatic rings. The maximum absolute atomic E-state index is 5.65. The summed E-state index contributed by atoms with van der Waals surface area (Å²) in [6.45, 7) is 5.87. The van der Waals surface area contributed by atoms with Crippen molar-refractivity contribution in [2.45, 2.75) is 90.9 Å². The molecule has 0 rings (SSSR count). The maximum Gasteiger partial charge on any atom is 0.244 e. The van der Waals surface area contributed by atoms with Gasteiger partial charge in [-0.15, -0.1) is 0 Å². The predicted molar refractivity (Wildman–Crippen MR) is 112 cm³/mol. The molecule has 0 radical (unpaired) electrons. The summed E-state index contributed by atoms with van der Waals surface area (Å²) in [5.41, 5.74) is -2.29. The van der Waals surface area contributed by atoms with Crippen LogP contribution >= 0.6 is 31.4 Å². The fourth-order valence-corrected chi connectivity index (χ4v) is 3.89. The van der Waals surface area contributed by atoms with Gasteiger partial charge in [0.25, 0.3) is 0 Å². The van der Waals surface area contributed by atoms with Gasteiger partial charge in [0.1, 0.15) is 0 Å². The van der Waals surface area contributed by atoms with Gasteiger partial charge in [0.2, 0.25) is 5.69 Å². The van der Waals surface area contributed by atoms with Gasteiger partial charge in [-0.25, -0.2) is 0 Å². The smallest absolute Gasteiger partial charge is 0.244 e. The molecule has 0 fully saturated rings. The first-order chi connectivity index (χ1) is 10.1. The topological polar surface area (TPSA) is 18.5 Å². The lowest BCUT2D eigenvalue weighted by Gasteiger charge is -2.16. The summed E-state index contributed by atoms with van der Waals surface area (Å²) in [4.78, 5) is 0. The monoisotopic (exact) mass is 388 g/mol. The highest BCUT2D eigenvalue weighted by atomic mass is 32.9. The van der Waals surface area contributed by atoms with Gasteiger partial charge >= 0.3 is 0 Å². The van der Waals surface area contributed by atoms with E-state index in [0.29, 0.717) is 13.2 Å². The zero-order valence-electron chi connectivity index (χ0n) is 14.5. The Kier molecular flexibility index (Phi) is 21.6. The van der Waals surface area contributed by atoms with E-state index >= 15 is 0 Å². The first kappa shape index (κ1) is 25.5. The van der Waals surface area contributed by atoms with Crippen LogP contribution in [-0.4, -0.2) is 13.2 Å². The van der Waals surface area contributed by atoms with Crippen LogP contribution in [0, 0.1) is 0 Å². The molecule has 136 valence electrons. The molecule has 0 heterocycles. The lowest BCUT2D eigenvalue weighted by molar-refractivity contribution is 0.250. The minimum atomic E-state index is -2.29. The van der Waals surface area contributed by atoms with Crippen molar-refractivity contribution in [2.24, 2.45) is 0 Å². The SMILES string of the molecule is CCCCCCCCOP(=S)(S)OCCCCCCCC.S. The molecule has 0 saturated carbocycles. The third kappa shape index (κ3) is 19.3. The zero-order valence-corrected chi connectivity index (χ0v) is 18.1. The van der Waals surface area contributed by atoms with E-state index in [2.05, 4.69) is 26.1 Å². The molecular formula is C16H37O2PS3. The second-order valence-corrected chi connectivity index (χ2v) is 11.0. The molecule has 0 bridgehead atoms. The standard InChI is InChI=1S/C16H35O2PS2.H2S/c1-3-5-7-9-11-13-15-17-19(20,21)18-16-14-12-10-8-6-4-2;/h3-16H2,1-2H3,(H,20,21);1H2. The van der Waals surface area contributed by atoms with Crippen LogP contribution in [0.3, 0.4) is 0 Å². The Hall–Kier alpha value is 1.27. The molecule has 0 aliphatic carbocycles. The van der Waals surface area contributed by atoms with Crippen molar-refractivity contribution in [1.29, 1.82) is 0 Å². The van der Waals surface area contributed by atoms with Crippen molar-refractivity contribution in [3.8, 4) is 0 Å². The van der Waals surface area contributed by atoms with E-state index in [1.165, 1.54) is 64.2 Å². The second kappa shape index (κ2) is 18.6. The number of thiol groups is 1. The van der Waals surface area contributed by atoms with Gasteiger partial charge in [0.15, 0.2) is 0 Å². The van der Waals surface area contributed by atoms with Crippen molar-refractivity contribution in [1.82, 2.24) is 0 Å². The summed E-state index contributed by atoms with van der Waals surface area (Å²) < 4.78 is 11.3. The Bertz CT molecular complexity index is 244. The van der Waals surface area contributed by atoms with Gasteiger partial charge in [-0.1, -0.05) is 90.3 Å². The maximum atomic E-state index is 5.65. The molecule has 0 aliphatic rings. The van der Waals surface area contributed by atoms with E-state index in [-0.39, 0.29) is 13.5 Å². The summed E-state index contributed by atoms with van der Waals surface area (Å²) in [6, 6.07) is 0. The Morgan fingerprint density at radius 3 is 1.36 bits per heavy atom. The first-order valence-corrected chi connectivity index (χ1v) is 12.5. The molecule has 0 saturated heterocycles. The van der Waals surface area contributed by atoms with Crippen LogP contribution < -0.4 is 0 Å². The van der Waals surface area contributed by atoms with Crippen molar-refractivity contribution in [3.63, 3.8) is 0 Å². The van der Waals surface area contributed by atoms with Gasteiger partial charge in [0.05, 0.1) is 13.2 Å². The first-order valence-electron chi connectivity index (χ1n) is 8.74. The highest BCUT2D eigenvalue weighted by Gasteiger charge is 2.12. The molecular weight excluding hydrogens is 351 g/mol.